The van der Waals surface area contributed by atoms with Crippen LogP contribution in [0.3, 0.4) is 0 Å². The van der Waals surface area contributed by atoms with E-state index in [2.05, 4.69) is 20.6 Å². The molecule has 0 unspecified atom stereocenters. The van der Waals surface area contributed by atoms with Crippen molar-refractivity contribution in [3.05, 3.63) is 58.9 Å². The molecule has 0 aliphatic carbocycles. The van der Waals surface area contributed by atoms with E-state index in [4.69, 9.17) is 21.1 Å². The van der Waals surface area contributed by atoms with E-state index in [-0.39, 0.29) is 39.3 Å². The van der Waals surface area contributed by atoms with Gasteiger partial charge in [0.05, 0.1) is 28.5 Å². The lowest BCUT2D eigenvalue weighted by atomic mass is 10.1. The van der Waals surface area contributed by atoms with Crippen LogP contribution in [0.2, 0.25) is 5.02 Å². The molecule has 14 heteroatoms. The highest BCUT2D eigenvalue weighted by Gasteiger charge is 2.32. The van der Waals surface area contributed by atoms with E-state index in [0.717, 1.165) is 23.2 Å². The van der Waals surface area contributed by atoms with E-state index in [1.165, 1.54) is 36.5 Å². The SMILES string of the molecule is CC(=O)N(c1ccc(C(F)(F)F)cc1NC(=O)c1ccc(Cl)c(Oc2ncnc3c2OCCN3)c1)N(C)C. The summed E-state index contributed by atoms with van der Waals surface area (Å²) in [5.41, 5.74) is -1.16. The molecule has 0 fully saturated rings. The van der Waals surface area contributed by atoms with Crippen LogP contribution < -0.4 is 25.1 Å². The molecule has 1 aliphatic heterocycles. The smallest absolute Gasteiger partial charge is 0.416 e. The summed E-state index contributed by atoms with van der Waals surface area (Å²) < 4.78 is 51.7. The second kappa shape index (κ2) is 10.7. The van der Waals surface area contributed by atoms with Gasteiger partial charge in [-0.05, 0) is 36.4 Å². The lowest BCUT2D eigenvalue weighted by Crippen LogP contribution is -2.41. The molecule has 0 spiro atoms. The van der Waals surface area contributed by atoms with Crippen molar-refractivity contribution in [3.63, 3.8) is 0 Å². The lowest BCUT2D eigenvalue weighted by molar-refractivity contribution is -0.137. The van der Waals surface area contributed by atoms with Gasteiger partial charge in [-0.15, -0.1) is 0 Å². The number of ether oxygens (including phenoxy) is 2. The number of carbonyl (C=O) groups excluding carboxylic acids is 2. The number of nitrogens with one attached hydrogen (secondary N) is 2. The molecule has 0 saturated carbocycles. The second-order valence-electron chi connectivity index (χ2n) is 8.24. The highest BCUT2D eigenvalue weighted by Crippen LogP contribution is 2.39. The zero-order valence-electron chi connectivity index (χ0n) is 20.4. The average Bonchev–Trinajstić information content (AvgIpc) is 2.85. The fourth-order valence-corrected chi connectivity index (χ4v) is 3.85. The summed E-state index contributed by atoms with van der Waals surface area (Å²) in [4.78, 5) is 33.5. The van der Waals surface area contributed by atoms with Crippen molar-refractivity contribution in [2.45, 2.75) is 13.1 Å². The number of fused-ring (bicyclic) bond motifs is 1. The summed E-state index contributed by atoms with van der Waals surface area (Å²) in [5, 5.41) is 8.17. The first-order valence-corrected chi connectivity index (χ1v) is 11.5. The first kappa shape index (κ1) is 26.9. The number of aromatic nitrogens is 2. The normalized spacial score (nSPS) is 12.7. The topological polar surface area (TPSA) is 109 Å². The maximum atomic E-state index is 13.4. The minimum absolute atomic E-state index is 0.0222. The Bertz CT molecular complexity index is 1390. The number of hydrazine groups is 1. The molecule has 10 nitrogen and oxygen atoms in total. The van der Waals surface area contributed by atoms with E-state index >= 15 is 0 Å². The van der Waals surface area contributed by atoms with Gasteiger partial charge in [0.2, 0.25) is 11.7 Å². The third-order valence-corrected chi connectivity index (χ3v) is 5.62. The molecule has 1 aromatic heterocycles. The number of hydrogen-bond acceptors (Lipinski definition) is 8. The van der Waals surface area contributed by atoms with E-state index in [0.29, 0.717) is 19.0 Å². The minimum atomic E-state index is -4.67. The summed E-state index contributed by atoms with van der Waals surface area (Å²) >= 11 is 6.27. The predicted octanol–water partition coefficient (Wildman–Crippen LogP) is 4.83. The fraction of sp³-hybridized carbons (Fsp3) is 0.250. The van der Waals surface area contributed by atoms with Gasteiger partial charge in [0.1, 0.15) is 18.7 Å². The summed E-state index contributed by atoms with van der Waals surface area (Å²) in [6, 6.07) is 6.79. The van der Waals surface area contributed by atoms with Crippen molar-refractivity contribution in [3.8, 4) is 17.4 Å². The Morgan fingerprint density at radius 2 is 1.92 bits per heavy atom. The van der Waals surface area contributed by atoms with Crippen LogP contribution in [0.5, 0.6) is 17.4 Å². The van der Waals surface area contributed by atoms with Crippen LogP contribution in [0.15, 0.2) is 42.7 Å². The number of hydrogen-bond donors (Lipinski definition) is 2. The van der Waals surface area contributed by atoms with Gasteiger partial charge in [0.25, 0.3) is 11.8 Å². The van der Waals surface area contributed by atoms with Crippen molar-refractivity contribution >= 4 is 40.6 Å². The fourth-order valence-electron chi connectivity index (χ4n) is 3.69. The van der Waals surface area contributed by atoms with Gasteiger partial charge in [-0.1, -0.05) is 11.6 Å². The highest BCUT2D eigenvalue weighted by atomic mass is 35.5. The molecule has 0 saturated heterocycles. The molecule has 1 aliphatic rings. The number of halogens is 4. The number of rotatable bonds is 6. The third-order valence-electron chi connectivity index (χ3n) is 5.31. The summed E-state index contributed by atoms with van der Waals surface area (Å²) in [5.74, 6) is -0.429. The quantitative estimate of drug-likeness (QED) is 0.420. The van der Waals surface area contributed by atoms with Gasteiger partial charge in [-0.25, -0.2) is 15.0 Å². The predicted molar refractivity (Wildman–Crippen MR) is 134 cm³/mol. The Morgan fingerprint density at radius 1 is 1.16 bits per heavy atom. The van der Waals surface area contributed by atoms with Gasteiger partial charge in [-0.2, -0.15) is 18.2 Å². The average molecular weight is 551 g/mol. The van der Waals surface area contributed by atoms with E-state index < -0.39 is 23.6 Å². The number of amides is 2. The number of anilines is 3. The second-order valence-corrected chi connectivity index (χ2v) is 8.65. The van der Waals surface area contributed by atoms with Crippen LogP contribution in [-0.2, 0) is 11.0 Å². The number of carbonyl (C=O) groups is 2. The van der Waals surface area contributed by atoms with Gasteiger partial charge in [0, 0.05) is 26.6 Å². The van der Waals surface area contributed by atoms with Crippen LogP contribution in [0.4, 0.5) is 30.4 Å². The zero-order valence-corrected chi connectivity index (χ0v) is 21.1. The molecule has 2 N–H and O–H groups in total. The van der Waals surface area contributed by atoms with Crippen molar-refractivity contribution in [1.82, 2.24) is 15.0 Å². The zero-order chi connectivity index (χ0) is 27.6. The molecule has 0 atom stereocenters. The first-order chi connectivity index (χ1) is 18.0. The molecular formula is C24H22ClF3N6O4. The standard InChI is InChI=1S/C24H22ClF3N6O4/c1-13(35)34(33(2)3)18-7-5-15(24(26,27)28)11-17(18)32-22(36)14-4-6-16(25)19(10-14)38-23-20-21(30-12-31-23)29-8-9-37-20/h4-7,10-12H,8-9H2,1-3H3,(H,32,36)(H,29,30,31). The van der Waals surface area contributed by atoms with Crippen LogP contribution in [-0.4, -0.2) is 54.0 Å². The van der Waals surface area contributed by atoms with Gasteiger partial charge >= 0.3 is 6.18 Å². The van der Waals surface area contributed by atoms with E-state index in [9.17, 15) is 22.8 Å². The molecule has 2 aromatic carbocycles. The van der Waals surface area contributed by atoms with Crippen LogP contribution >= 0.6 is 11.6 Å². The van der Waals surface area contributed by atoms with Crippen molar-refractivity contribution in [2.75, 3.05) is 42.9 Å². The molecule has 0 bridgehead atoms. The highest BCUT2D eigenvalue weighted by molar-refractivity contribution is 6.32. The van der Waals surface area contributed by atoms with E-state index in [1.54, 1.807) is 14.1 Å². The number of benzene rings is 2. The van der Waals surface area contributed by atoms with Crippen LogP contribution in [0, 0.1) is 0 Å². The molecular weight excluding hydrogens is 529 g/mol. The first-order valence-electron chi connectivity index (χ1n) is 11.2. The van der Waals surface area contributed by atoms with E-state index in [1.807, 2.05) is 0 Å². The summed E-state index contributed by atoms with van der Waals surface area (Å²) in [6.45, 7) is 2.15. The Hall–Kier alpha value is -4.10. The minimum Gasteiger partial charge on any atom is -0.483 e. The van der Waals surface area contributed by atoms with Crippen LogP contribution in [0.1, 0.15) is 22.8 Å². The monoisotopic (exact) mass is 550 g/mol. The molecule has 4 rings (SSSR count). The summed E-state index contributed by atoms with van der Waals surface area (Å²) in [7, 11) is 3.08. The molecule has 200 valence electrons. The van der Waals surface area contributed by atoms with Gasteiger partial charge < -0.3 is 20.1 Å². The Labute approximate surface area is 220 Å². The molecule has 38 heavy (non-hydrogen) atoms. The molecule has 3 aromatic rings. The summed E-state index contributed by atoms with van der Waals surface area (Å²) in [6.07, 6.45) is -3.41. The van der Waals surface area contributed by atoms with Gasteiger partial charge in [-0.3, -0.25) is 9.59 Å². The Kier molecular flexibility index (Phi) is 7.60. The largest absolute Gasteiger partial charge is 0.483 e. The van der Waals surface area contributed by atoms with Crippen molar-refractivity contribution in [2.24, 2.45) is 0 Å². The molecule has 0 radical (unpaired) electrons. The van der Waals surface area contributed by atoms with Crippen molar-refractivity contribution in [1.29, 1.82) is 0 Å². The molecule has 2 heterocycles. The molecule has 2 amide bonds. The van der Waals surface area contributed by atoms with Crippen molar-refractivity contribution < 1.29 is 32.2 Å². The number of nitrogens with zero attached hydrogens (tertiary/aromatic N) is 4. The Morgan fingerprint density at radius 3 is 2.61 bits per heavy atom. The van der Waals surface area contributed by atoms with Gasteiger partial charge in [0.15, 0.2) is 5.82 Å². The third kappa shape index (κ3) is 5.73. The maximum Gasteiger partial charge on any atom is 0.416 e. The number of alkyl halides is 3. The lowest BCUT2D eigenvalue weighted by Gasteiger charge is -2.30. The van der Waals surface area contributed by atoms with Crippen LogP contribution in [0.25, 0.3) is 0 Å². The Balaban J connectivity index is 1.67. The maximum absolute atomic E-state index is 13.4.